The van der Waals surface area contributed by atoms with Gasteiger partial charge < -0.3 is 24.8 Å². The van der Waals surface area contributed by atoms with E-state index in [2.05, 4.69) is 24.1 Å². The first-order valence-corrected chi connectivity index (χ1v) is 16.8. The number of para-hydroxylation sites is 1. The van der Waals surface area contributed by atoms with E-state index in [0.717, 1.165) is 59.7 Å². The minimum atomic E-state index is -1.20. The minimum absolute atomic E-state index is 0.192. The third-order valence-corrected chi connectivity index (χ3v) is 8.81. The Kier molecular flexibility index (Phi) is 10.7. The van der Waals surface area contributed by atoms with Gasteiger partial charge in [0, 0.05) is 42.0 Å². The summed E-state index contributed by atoms with van der Waals surface area (Å²) in [5.74, 6) is -0.583. The molecule has 4 aromatic rings. The van der Waals surface area contributed by atoms with Crippen molar-refractivity contribution in [3.05, 3.63) is 107 Å². The molecule has 3 aromatic carbocycles. The van der Waals surface area contributed by atoms with Crippen LogP contribution in [0, 0.1) is 18.2 Å². The third kappa shape index (κ3) is 8.92. The summed E-state index contributed by atoms with van der Waals surface area (Å²) in [7, 11) is 0. The molecule has 0 aliphatic carbocycles. The van der Waals surface area contributed by atoms with Crippen LogP contribution in [0.5, 0.6) is 5.75 Å². The van der Waals surface area contributed by atoms with Gasteiger partial charge in [-0.2, -0.15) is 0 Å². The maximum Gasteiger partial charge on any atom is 0.337 e. The first-order valence-electron chi connectivity index (χ1n) is 16.8. The van der Waals surface area contributed by atoms with Gasteiger partial charge in [0.15, 0.2) is 6.10 Å². The number of aryl methyl sites for hydroxylation is 1. The molecule has 254 valence electrons. The van der Waals surface area contributed by atoms with Crippen molar-refractivity contribution in [3.63, 3.8) is 0 Å². The fourth-order valence-corrected chi connectivity index (χ4v) is 6.15. The number of anilines is 2. The summed E-state index contributed by atoms with van der Waals surface area (Å²) in [5, 5.41) is 14.1. The molecule has 0 spiro atoms. The van der Waals surface area contributed by atoms with E-state index in [4.69, 9.17) is 14.5 Å². The number of carboxylic acid groups (broad SMARTS) is 1. The number of aromatic nitrogens is 1. The molecule has 1 aliphatic rings. The molecular formula is C40H48FN3O4. The van der Waals surface area contributed by atoms with Crippen LogP contribution >= 0.6 is 0 Å². The van der Waals surface area contributed by atoms with E-state index in [0.29, 0.717) is 36.6 Å². The molecule has 2 heterocycles. The molecule has 0 bridgehead atoms. The number of halogens is 1. The fourth-order valence-electron chi connectivity index (χ4n) is 6.15. The number of aliphatic carboxylic acids is 1. The van der Waals surface area contributed by atoms with E-state index in [-0.39, 0.29) is 11.2 Å². The number of pyridine rings is 1. The van der Waals surface area contributed by atoms with Crippen LogP contribution in [0.3, 0.4) is 0 Å². The van der Waals surface area contributed by atoms with Gasteiger partial charge in [-0.1, -0.05) is 56.3 Å². The highest BCUT2D eigenvalue weighted by Gasteiger charge is 2.37. The lowest BCUT2D eigenvalue weighted by Gasteiger charge is -2.41. The van der Waals surface area contributed by atoms with Crippen molar-refractivity contribution in [2.24, 2.45) is 5.41 Å². The molecule has 7 nitrogen and oxygen atoms in total. The summed E-state index contributed by atoms with van der Waals surface area (Å²) in [6, 6.07) is 24.4. The maximum atomic E-state index is 13.3. The summed E-state index contributed by atoms with van der Waals surface area (Å²) in [4.78, 5) is 20.4. The maximum absolute atomic E-state index is 13.3. The normalized spacial score (nSPS) is 15.2. The standard InChI is InChI=1S/C40H48FN3O4/c1-27-34(37(38(45)46)48-39(2,3)4)36(44-23-21-40(5,6)22-24-44)35(33(43-27)26-42-31-10-8-7-9-11-31)29-14-18-32(19-15-29)47-25-20-28-12-16-30(41)17-13-28/h7-19,37,42H,20-26H2,1-6H3,(H,45,46)/t37-/m0/s1. The van der Waals surface area contributed by atoms with Gasteiger partial charge in [-0.05, 0) is 93.5 Å². The highest BCUT2D eigenvalue weighted by atomic mass is 19.1. The number of nitrogens with zero attached hydrogens (tertiary/aromatic N) is 2. The van der Waals surface area contributed by atoms with Crippen LogP contribution in [-0.2, 0) is 22.5 Å². The summed E-state index contributed by atoms with van der Waals surface area (Å²) < 4.78 is 25.7. The molecule has 1 fully saturated rings. The summed E-state index contributed by atoms with van der Waals surface area (Å²) >= 11 is 0. The summed E-state index contributed by atoms with van der Waals surface area (Å²) in [6.45, 7) is 14.6. The number of carbonyl (C=O) groups is 1. The van der Waals surface area contributed by atoms with Crippen molar-refractivity contribution in [2.75, 3.05) is 29.9 Å². The van der Waals surface area contributed by atoms with Gasteiger partial charge in [-0.15, -0.1) is 0 Å². The van der Waals surface area contributed by atoms with Crippen LogP contribution in [0.4, 0.5) is 15.8 Å². The highest BCUT2D eigenvalue weighted by molar-refractivity contribution is 5.88. The molecule has 0 amide bonds. The van der Waals surface area contributed by atoms with Gasteiger partial charge in [-0.25, -0.2) is 9.18 Å². The van der Waals surface area contributed by atoms with Crippen molar-refractivity contribution in [1.29, 1.82) is 0 Å². The molecular weight excluding hydrogens is 605 g/mol. The molecule has 5 rings (SSSR count). The van der Waals surface area contributed by atoms with E-state index in [1.807, 2.05) is 82.3 Å². The van der Waals surface area contributed by atoms with Gasteiger partial charge in [0.05, 0.1) is 30.1 Å². The molecule has 2 N–H and O–H groups in total. The Bertz CT molecular complexity index is 1670. The van der Waals surface area contributed by atoms with Crippen LogP contribution in [0.2, 0.25) is 0 Å². The van der Waals surface area contributed by atoms with Gasteiger partial charge in [0.2, 0.25) is 0 Å². The van der Waals surface area contributed by atoms with E-state index in [1.54, 1.807) is 12.1 Å². The van der Waals surface area contributed by atoms with Gasteiger partial charge in [0.1, 0.15) is 11.6 Å². The van der Waals surface area contributed by atoms with E-state index in [1.165, 1.54) is 12.1 Å². The predicted octanol–water partition coefficient (Wildman–Crippen LogP) is 9.00. The molecule has 1 saturated heterocycles. The first kappa shape index (κ1) is 34.9. The quantitative estimate of drug-likeness (QED) is 0.158. The minimum Gasteiger partial charge on any atom is -0.493 e. The molecule has 0 unspecified atom stereocenters. The number of hydrogen-bond donors (Lipinski definition) is 2. The average Bonchev–Trinajstić information content (AvgIpc) is 3.04. The second kappa shape index (κ2) is 14.8. The van der Waals surface area contributed by atoms with E-state index < -0.39 is 17.7 Å². The summed E-state index contributed by atoms with van der Waals surface area (Å²) in [5.41, 5.74) is 6.19. The fraction of sp³-hybridized carbons (Fsp3) is 0.400. The second-order valence-corrected chi connectivity index (χ2v) is 14.3. The molecule has 1 atom stereocenters. The Morgan fingerprint density at radius 2 is 1.65 bits per heavy atom. The molecule has 1 aliphatic heterocycles. The van der Waals surface area contributed by atoms with Crippen LogP contribution in [-0.4, -0.2) is 41.4 Å². The number of nitrogens with one attached hydrogen (secondary N) is 1. The lowest BCUT2D eigenvalue weighted by molar-refractivity contribution is -0.160. The lowest BCUT2D eigenvalue weighted by atomic mass is 9.81. The number of ether oxygens (including phenoxy) is 2. The SMILES string of the molecule is Cc1nc(CNc2ccccc2)c(-c2ccc(OCCc3ccc(F)cc3)cc2)c(N2CCC(C)(C)CC2)c1[C@H](OC(C)(C)C)C(=O)O. The van der Waals surface area contributed by atoms with Crippen LogP contribution < -0.4 is 15.0 Å². The van der Waals surface area contributed by atoms with Crippen molar-refractivity contribution in [1.82, 2.24) is 4.98 Å². The van der Waals surface area contributed by atoms with Crippen molar-refractivity contribution < 1.29 is 23.8 Å². The largest absolute Gasteiger partial charge is 0.493 e. The zero-order valence-electron chi connectivity index (χ0n) is 29.0. The Morgan fingerprint density at radius 3 is 2.25 bits per heavy atom. The molecule has 0 saturated carbocycles. The lowest BCUT2D eigenvalue weighted by Crippen LogP contribution is -2.39. The zero-order valence-corrected chi connectivity index (χ0v) is 29.0. The molecule has 48 heavy (non-hydrogen) atoms. The van der Waals surface area contributed by atoms with Gasteiger partial charge in [-0.3, -0.25) is 4.98 Å². The Labute approximate surface area is 284 Å². The van der Waals surface area contributed by atoms with Crippen molar-refractivity contribution in [3.8, 4) is 16.9 Å². The van der Waals surface area contributed by atoms with Crippen LogP contribution in [0.15, 0.2) is 78.9 Å². The summed E-state index contributed by atoms with van der Waals surface area (Å²) in [6.07, 6.45) is 1.40. The topological polar surface area (TPSA) is 83.9 Å². The number of hydrogen-bond acceptors (Lipinski definition) is 6. The third-order valence-electron chi connectivity index (χ3n) is 8.81. The van der Waals surface area contributed by atoms with Crippen LogP contribution in [0.25, 0.3) is 11.1 Å². The second-order valence-electron chi connectivity index (χ2n) is 14.3. The van der Waals surface area contributed by atoms with E-state index >= 15 is 0 Å². The monoisotopic (exact) mass is 653 g/mol. The highest BCUT2D eigenvalue weighted by Crippen LogP contribution is 2.45. The van der Waals surface area contributed by atoms with Crippen molar-refractivity contribution in [2.45, 2.75) is 79.1 Å². The first-order chi connectivity index (χ1) is 22.8. The van der Waals surface area contributed by atoms with Crippen LogP contribution in [0.1, 0.15) is 76.1 Å². The average molecular weight is 654 g/mol. The van der Waals surface area contributed by atoms with E-state index in [9.17, 15) is 14.3 Å². The van der Waals surface area contributed by atoms with Gasteiger partial charge in [0.25, 0.3) is 0 Å². The Morgan fingerprint density at radius 1 is 1.00 bits per heavy atom. The number of rotatable bonds is 12. The zero-order chi connectivity index (χ0) is 34.5. The van der Waals surface area contributed by atoms with Crippen molar-refractivity contribution >= 4 is 17.3 Å². The smallest absolute Gasteiger partial charge is 0.337 e. The molecule has 1 aromatic heterocycles. The number of carboxylic acids is 1. The number of benzene rings is 3. The molecule has 0 radical (unpaired) electrons. The molecule has 8 heteroatoms. The Hall–Kier alpha value is -4.43. The number of piperidine rings is 1. The predicted molar refractivity (Wildman–Crippen MR) is 190 cm³/mol. The van der Waals surface area contributed by atoms with Gasteiger partial charge >= 0.3 is 5.97 Å². The Balaban J connectivity index is 1.59.